The van der Waals surface area contributed by atoms with Gasteiger partial charge < -0.3 is 9.03 Å². The molecule has 1 aliphatic heterocycles. The predicted molar refractivity (Wildman–Crippen MR) is 67.5 cm³/mol. The smallest absolute Gasteiger partial charge is 0.411 e. The molecule has 1 aliphatic rings. The van der Waals surface area contributed by atoms with Gasteiger partial charge in [0.25, 0.3) is 0 Å². The summed E-state index contributed by atoms with van der Waals surface area (Å²) in [5, 5.41) is 2.91. The molecule has 1 amide bonds. The Balaban J connectivity index is 2.84. The van der Waals surface area contributed by atoms with E-state index in [9.17, 15) is 14.5 Å². The van der Waals surface area contributed by atoms with Crippen LogP contribution < -0.4 is 0 Å². The van der Waals surface area contributed by atoms with Gasteiger partial charge in [0, 0.05) is 0 Å². The molecule has 0 spiro atoms. The van der Waals surface area contributed by atoms with Gasteiger partial charge in [0.15, 0.2) is 0 Å². The van der Waals surface area contributed by atoms with Crippen LogP contribution in [0.2, 0.25) is 0 Å². The third kappa shape index (κ3) is 4.34. The maximum absolute atomic E-state index is 12.0. The summed E-state index contributed by atoms with van der Waals surface area (Å²) in [6, 6.07) is -1.39. The highest BCUT2D eigenvalue weighted by Gasteiger charge is 2.39. The highest BCUT2D eigenvalue weighted by molar-refractivity contribution is 6.13. The maximum Gasteiger partial charge on any atom is 0.411 e. The van der Waals surface area contributed by atoms with Gasteiger partial charge in [0.05, 0.1) is 6.54 Å². The summed E-state index contributed by atoms with van der Waals surface area (Å²) >= 11 is 5.05. The van der Waals surface area contributed by atoms with E-state index in [2.05, 4.69) is 9.47 Å². The molecule has 108 valence electrons. The molecule has 1 rings (SSSR count). The van der Waals surface area contributed by atoms with Crippen molar-refractivity contribution in [2.24, 2.45) is 5.18 Å². The molecule has 1 fully saturated rings. The lowest BCUT2D eigenvalue weighted by Gasteiger charge is -2.36. The van der Waals surface area contributed by atoms with Gasteiger partial charge in [0.2, 0.25) is 0 Å². The zero-order valence-electron chi connectivity index (χ0n) is 11.1. The Morgan fingerprint density at radius 3 is 2.42 bits per heavy atom. The Hall–Kier alpha value is -1.37. The van der Waals surface area contributed by atoms with Gasteiger partial charge in [-0.2, -0.15) is 4.91 Å². The third-order valence-corrected chi connectivity index (χ3v) is 2.83. The number of carbonyl (C=O) groups is 2. The second-order valence-corrected chi connectivity index (χ2v) is 5.54. The number of hydrogen-bond donors (Lipinski definition) is 0. The van der Waals surface area contributed by atoms with Crippen LogP contribution in [0.3, 0.4) is 0 Å². The summed E-state index contributed by atoms with van der Waals surface area (Å²) in [5.41, 5.74) is -0.700. The van der Waals surface area contributed by atoms with Crippen molar-refractivity contribution < 1.29 is 18.6 Å². The molecule has 0 aromatic heterocycles. The minimum atomic E-state index is -0.842. The van der Waals surface area contributed by atoms with Gasteiger partial charge in [-0.15, -0.1) is 0 Å². The fourth-order valence-corrected chi connectivity index (χ4v) is 1.96. The first-order valence-corrected chi connectivity index (χ1v) is 6.24. The van der Waals surface area contributed by atoms with Gasteiger partial charge >= 0.3 is 12.1 Å². The second kappa shape index (κ2) is 6.18. The van der Waals surface area contributed by atoms with Crippen molar-refractivity contribution in [1.82, 2.24) is 4.90 Å². The van der Waals surface area contributed by atoms with Crippen molar-refractivity contribution >= 4 is 23.9 Å². The zero-order chi connectivity index (χ0) is 14.6. The van der Waals surface area contributed by atoms with Crippen LogP contribution in [0, 0.1) is 4.91 Å². The zero-order valence-corrected chi connectivity index (χ0v) is 11.8. The van der Waals surface area contributed by atoms with Gasteiger partial charge in [-0.1, -0.05) is 5.18 Å². The van der Waals surface area contributed by atoms with E-state index in [1.165, 1.54) is 0 Å². The number of amides is 1. The monoisotopic (exact) mass is 292 g/mol. The molecule has 1 heterocycles. The average molecular weight is 293 g/mol. The molecule has 2 atom stereocenters. The van der Waals surface area contributed by atoms with Crippen LogP contribution in [0.25, 0.3) is 0 Å². The molecule has 8 heteroatoms. The Bertz CT molecular complexity index is 369. The largest absolute Gasteiger partial charge is 0.444 e. The molecule has 19 heavy (non-hydrogen) atoms. The minimum absolute atomic E-state index is 0.0229. The average Bonchev–Trinajstić information content (AvgIpc) is 2.35. The summed E-state index contributed by atoms with van der Waals surface area (Å²) < 4.78 is 9.33. The van der Waals surface area contributed by atoms with E-state index in [-0.39, 0.29) is 13.0 Å². The van der Waals surface area contributed by atoms with E-state index in [0.717, 1.165) is 4.90 Å². The first kappa shape index (κ1) is 15.7. The van der Waals surface area contributed by atoms with Gasteiger partial charge in [-0.3, -0.25) is 4.90 Å². The predicted octanol–water partition coefficient (Wildman–Crippen LogP) is 2.22. The van der Waals surface area contributed by atoms with Crippen molar-refractivity contribution in [3.05, 3.63) is 4.91 Å². The van der Waals surface area contributed by atoms with Crippen molar-refractivity contribution in [3.63, 3.8) is 0 Å². The lowest BCUT2D eigenvalue weighted by atomic mass is 9.99. The first-order valence-electron chi connectivity index (χ1n) is 5.93. The standard InChI is InChI=1S/C11H17ClN2O5/c1-11(2,3)18-10(16)14-6-7(13-17)4-5-8(14)9(15)19-12/h7-8H,4-6H2,1-3H3/t7-,8-/m0/s1. The maximum atomic E-state index is 12.0. The summed E-state index contributed by atoms with van der Waals surface area (Å²) in [4.78, 5) is 35.3. The van der Waals surface area contributed by atoms with Crippen LogP contribution in [0.4, 0.5) is 4.79 Å². The van der Waals surface area contributed by atoms with Crippen LogP contribution >= 0.6 is 11.9 Å². The molecule has 0 radical (unpaired) electrons. The molecule has 0 aromatic rings. The molecule has 0 bridgehead atoms. The fraction of sp³-hybridized carbons (Fsp3) is 0.818. The molecule has 0 unspecified atom stereocenters. The van der Waals surface area contributed by atoms with Crippen LogP contribution in [-0.2, 0) is 13.8 Å². The second-order valence-electron chi connectivity index (χ2n) is 5.38. The Labute approximate surface area is 116 Å². The molecule has 1 saturated heterocycles. The SMILES string of the molecule is CC(C)(C)OC(=O)N1C[C@@H](N=O)CC[C@H]1C(=O)OCl. The van der Waals surface area contributed by atoms with Crippen molar-refractivity contribution in [2.45, 2.75) is 51.3 Å². The quantitative estimate of drug-likeness (QED) is 0.728. The number of hydrogen-bond acceptors (Lipinski definition) is 6. The molecule has 0 aromatic carbocycles. The van der Waals surface area contributed by atoms with Crippen LogP contribution in [-0.4, -0.2) is 41.2 Å². The number of ether oxygens (including phenoxy) is 1. The molecule has 0 N–H and O–H groups in total. The number of nitrogens with zero attached hydrogens (tertiary/aromatic N) is 2. The van der Waals surface area contributed by atoms with E-state index >= 15 is 0 Å². The molecule has 0 saturated carbocycles. The van der Waals surface area contributed by atoms with E-state index in [1.54, 1.807) is 20.8 Å². The van der Waals surface area contributed by atoms with Crippen molar-refractivity contribution in [2.75, 3.05) is 6.54 Å². The van der Waals surface area contributed by atoms with Crippen molar-refractivity contribution in [1.29, 1.82) is 0 Å². The normalized spacial score (nSPS) is 23.7. The van der Waals surface area contributed by atoms with Crippen LogP contribution in [0.5, 0.6) is 0 Å². The number of rotatable bonds is 2. The topological polar surface area (TPSA) is 85.3 Å². The molecule has 0 aliphatic carbocycles. The highest BCUT2D eigenvalue weighted by atomic mass is 35.5. The van der Waals surface area contributed by atoms with E-state index in [4.69, 9.17) is 16.6 Å². The van der Waals surface area contributed by atoms with Gasteiger partial charge in [-0.05, 0) is 33.6 Å². The van der Waals surface area contributed by atoms with Gasteiger partial charge in [0.1, 0.15) is 29.6 Å². The molecule has 7 nitrogen and oxygen atoms in total. The minimum Gasteiger partial charge on any atom is -0.444 e. The Kier molecular flexibility index (Phi) is 5.11. The van der Waals surface area contributed by atoms with E-state index in [0.29, 0.717) is 6.42 Å². The number of nitroso groups, excluding NO2 is 1. The van der Waals surface area contributed by atoms with E-state index < -0.39 is 29.7 Å². The van der Waals surface area contributed by atoms with Crippen molar-refractivity contribution in [3.8, 4) is 0 Å². The summed E-state index contributed by atoms with van der Waals surface area (Å²) in [6.45, 7) is 5.15. The Morgan fingerprint density at radius 1 is 1.32 bits per heavy atom. The number of halogens is 1. The van der Waals surface area contributed by atoms with Crippen LogP contribution in [0.1, 0.15) is 33.6 Å². The lowest BCUT2D eigenvalue weighted by molar-refractivity contribution is -0.141. The summed E-state index contributed by atoms with van der Waals surface area (Å²) in [5.74, 6) is -0.739. The van der Waals surface area contributed by atoms with Crippen LogP contribution in [0.15, 0.2) is 5.18 Å². The third-order valence-electron chi connectivity index (χ3n) is 2.68. The number of likely N-dealkylation sites (tertiary alicyclic amines) is 1. The number of piperidine rings is 1. The summed E-state index contributed by atoms with van der Waals surface area (Å²) in [7, 11) is 0. The molecular weight excluding hydrogens is 276 g/mol. The molecular formula is C11H17ClN2O5. The highest BCUT2D eigenvalue weighted by Crippen LogP contribution is 2.23. The Morgan fingerprint density at radius 2 is 1.95 bits per heavy atom. The van der Waals surface area contributed by atoms with E-state index in [1.807, 2.05) is 0 Å². The lowest BCUT2D eigenvalue weighted by Crippen LogP contribution is -2.53. The fourth-order valence-electron chi connectivity index (χ4n) is 1.86. The number of carbonyl (C=O) groups excluding carboxylic acids is 2. The van der Waals surface area contributed by atoms with Gasteiger partial charge in [-0.25, -0.2) is 9.59 Å². The first-order chi connectivity index (χ1) is 8.78. The summed E-state index contributed by atoms with van der Waals surface area (Å²) in [6.07, 6.45) is -0.0198.